The summed E-state index contributed by atoms with van der Waals surface area (Å²) in [4.78, 5) is 25.0. The highest BCUT2D eigenvalue weighted by atomic mass is 16.6. The first-order valence-corrected chi connectivity index (χ1v) is 6.35. The van der Waals surface area contributed by atoms with Gasteiger partial charge in [-0.25, -0.2) is 4.79 Å². The van der Waals surface area contributed by atoms with E-state index in [1.54, 1.807) is 4.90 Å². The van der Waals surface area contributed by atoms with Gasteiger partial charge in [-0.3, -0.25) is 9.69 Å². The van der Waals surface area contributed by atoms with Gasteiger partial charge >= 0.3 is 6.09 Å². The van der Waals surface area contributed by atoms with Crippen LogP contribution in [0.3, 0.4) is 0 Å². The first-order chi connectivity index (χ1) is 7.83. The number of piperidine rings is 1. The van der Waals surface area contributed by atoms with Crippen molar-refractivity contribution in [3.8, 4) is 0 Å². The fraction of sp³-hybridized carbons (Fsp3) is 0.846. The Kier molecular flexibility index (Phi) is 4.54. The standard InChI is InChI=1S/C13H23NO3/c1-5-6-10-7-8-11(15)9-14(10)12(16)17-13(2,3)4/h10H,5-9H2,1-4H3. The summed E-state index contributed by atoms with van der Waals surface area (Å²) in [5.41, 5.74) is -0.506. The average Bonchev–Trinajstić information content (AvgIpc) is 2.18. The van der Waals surface area contributed by atoms with Gasteiger partial charge in [0.2, 0.25) is 0 Å². The predicted molar refractivity (Wildman–Crippen MR) is 65.9 cm³/mol. The fourth-order valence-electron chi connectivity index (χ4n) is 2.05. The van der Waals surface area contributed by atoms with Crippen molar-refractivity contribution in [1.29, 1.82) is 0 Å². The largest absolute Gasteiger partial charge is 0.444 e. The van der Waals surface area contributed by atoms with E-state index in [9.17, 15) is 9.59 Å². The number of likely N-dealkylation sites (tertiary alicyclic amines) is 1. The van der Waals surface area contributed by atoms with Crippen LogP contribution in [-0.4, -0.2) is 35.0 Å². The van der Waals surface area contributed by atoms with Gasteiger partial charge < -0.3 is 4.74 Å². The number of nitrogens with zero attached hydrogens (tertiary/aromatic N) is 1. The van der Waals surface area contributed by atoms with Crippen molar-refractivity contribution in [3.05, 3.63) is 0 Å². The van der Waals surface area contributed by atoms with Gasteiger partial charge in [0.25, 0.3) is 0 Å². The van der Waals surface area contributed by atoms with Crippen molar-refractivity contribution in [2.75, 3.05) is 6.54 Å². The van der Waals surface area contributed by atoms with Gasteiger partial charge in [0.05, 0.1) is 6.54 Å². The summed E-state index contributed by atoms with van der Waals surface area (Å²) in [7, 11) is 0. The number of hydrogen-bond donors (Lipinski definition) is 0. The maximum Gasteiger partial charge on any atom is 0.410 e. The van der Waals surface area contributed by atoms with Crippen molar-refractivity contribution in [1.82, 2.24) is 4.90 Å². The summed E-state index contributed by atoms with van der Waals surface area (Å²) in [6.45, 7) is 7.81. The molecule has 17 heavy (non-hydrogen) atoms. The Morgan fingerprint density at radius 1 is 1.47 bits per heavy atom. The molecule has 1 rings (SSSR count). The molecular weight excluding hydrogens is 218 g/mol. The number of hydrogen-bond acceptors (Lipinski definition) is 3. The summed E-state index contributed by atoms with van der Waals surface area (Å²) in [5.74, 6) is 0.128. The second kappa shape index (κ2) is 5.52. The van der Waals surface area contributed by atoms with Gasteiger partial charge in [0.15, 0.2) is 5.78 Å². The average molecular weight is 241 g/mol. The molecule has 1 saturated heterocycles. The number of ether oxygens (including phenoxy) is 1. The monoisotopic (exact) mass is 241 g/mol. The van der Waals surface area contributed by atoms with Gasteiger partial charge in [-0.15, -0.1) is 0 Å². The summed E-state index contributed by atoms with van der Waals surface area (Å²) >= 11 is 0. The number of Topliss-reactive ketones (excluding diaryl/α,β-unsaturated/α-hetero) is 1. The van der Waals surface area contributed by atoms with E-state index in [1.165, 1.54) is 0 Å². The van der Waals surface area contributed by atoms with E-state index in [4.69, 9.17) is 4.74 Å². The quantitative estimate of drug-likeness (QED) is 0.746. The van der Waals surface area contributed by atoms with Crippen molar-refractivity contribution in [2.45, 2.75) is 65.0 Å². The lowest BCUT2D eigenvalue weighted by atomic mass is 9.98. The number of carbonyl (C=O) groups excluding carboxylic acids is 2. The Morgan fingerprint density at radius 2 is 2.12 bits per heavy atom. The molecule has 1 heterocycles. The number of amides is 1. The van der Waals surface area contributed by atoms with Crippen molar-refractivity contribution in [2.24, 2.45) is 0 Å². The molecule has 1 amide bonds. The fourth-order valence-corrected chi connectivity index (χ4v) is 2.05. The van der Waals surface area contributed by atoms with Gasteiger partial charge in [-0.1, -0.05) is 13.3 Å². The number of rotatable bonds is 2. The number of ketones is 1. The minimum atomic E-state index is -0.506. The molecule has 1 atom stereocenters. The summed E-state index contributed by atoms with van der Waals surface area (Å²) in [6, 6.07) is 0.160. The molecule has 0 aliphatic carbocycles. The molecule has 0 aromatic rings. The minimum Gasteiger partial charge on any atom is -0.444 e. The van der Waals surface area contributed by atoms with Gasteiger partial charge in [-0.05, 0) is 33.6 Å². The van der Waals surface area contributed by atoms with E-state index >= 15 is 0 Å². The lowest BCUT2D eigenvalue weighted by molar-refractivity contribution is -0.123. The van der Waals surface area contributed by atoms with E-state index in [-0.39, 0.29) is 24.5 Å². The lowest BCUT2D eigenvalue weighted by Gasteiger charge is -2.36. The topological polar surface area (TPSA) is 46.6 Å². The van der Waals surface area contributed by atoms with E-state index < -0.39 is 5.60 Å². The molecule has 0 bridgehead atoms. The van der Waals surface area contributed by atoms with Crippen LogP contribution in [0.15, 0.2) is 0 Å². The predicted octanol–water partition coefficient (Wildman–Crippen LogP) is 2.76. The molecule has 0 spiro atoms. The molecule has 0 aromatic carbocycles. The maximum absolute atomic E-state index is 12.0. The van der Waals surface area contributed by atoms with Crippen LogP contribution < -0.4 is 0 Å². The van der Waals surface area contributed by atoms with Crippen LogP contribution >= 0.6 is 0 Å². The molecule has 98 valence electrons. The highest BCUT2D eigenvalue weighted by molar-refractivity contribution is 5.85. The lowest BCUT2D eigenvalue weighted by Crippen LogP contribution is -2.49. The smallest absolute Gasteiger partial charge is 0.410 e. The summed E-state index contributed by atoms with van der Waals surface area (Å²) in [5, 5.41) is 0. The SMILES string of the molecule is CCCC1CCC(=O)CN1C(=O)OC(C)(C)C. The highest BCUT2D eigenvalue weighted by Crippen LogP contribution is 2.21. The summed E-state index contributed by atoms with van der Waals surface area (Å²) < 4.78 is 5.34. The van der Waals surface area contributed by atoms with E-state index in [0.717, 1.165) is 19.3 Å². The minimum absolute atomic E-state index is 0.128. The van der Waals surface area contributed by atoms with Crippen LogP contribution in [0, 0.1) is 0 Å². The Balaban J connectivity index is 2.68. The van der Waals surface area contributed by atoms with Gasteiger partial charge in [0.1, 0.15) is 5.60 Å². The number of carbonyl (C=O) groups is 2. The Morgan fingerprint density at radius 3 is 2.65 bits per heavy atom. The molecule has 1 aliphatic rings. The summed E-state index contributed by atoms with van der Waals surface area (Å²) in [6.07, 6.45) is 2.95. The molecule has 0 aromatic heterocycles. The molecule has 1 fully saturated rings. The highest BCUT2D eigenvalue weighted by Gasteiger charge is 2.32. The molecule has 1 unspecified atom stereocenters. The zero-order valence-electron chi connectivity index (χ0n) is 11.3. The van der Waals surface area contributed by atoms with Crippen molar-refractivity contribution in [3.63, 3.8) is 0 Å². The second-order valence-corrected chi connectivity index (χ2v) is 5.63. The first-order valence-electron chi connectivity index (χ1n) is 6.35. The second-order valence-electron chi connectivity index (χ2n) is 5.63. The molecule has 1 aliphatic heterocycles. The third-order valence-electron chi connectivity index (χ3n) is 2.79. The zero-order chi connectivity index (χ0) is 13.1. The Hall–Kier alpha value is -1.06. The van der Waals surface area contributed by atoms with E-state index in [1.807, 2.05) is 20.8 Å². The Labute approximate surface area is 103 Å². The van der Waals surface area contributed by atoms with Crippen LogP contribution in [0.4, 0.5) is 4.79 Å². The van der Waals surface area contributed by atoms with Crippen molar-refractivity contribution < 1.29 is 14.3 Å². The Bertz CT molecular complexity index is 294. The van der Waals surface area contributed by atoms with E-state index in [0.29, 0.717) is 6.42 Å². The molecule has 4 heteroatoms. The van der Waals surface area contributed by atoms with E-state index in [2.05, 4.69) is 6.92 Å². The first kappa shape index (κ1) is 14.0. The van der Waals surface area contributed by atoms with Crippen LogP contribution in [0.25, 0.3) is 0 Å². The zero-order valence-corrected chi connectivity index (χ0v) is 11.3. The van der Waals surface area contributed by atoms with Crippen molar-refractivity contribution >= 4 is 11.9 Å². The third-order valence-corrected chi connectivity index (χ3v) is 2.79. The molecular formula is C13H23NO3. The maximum atomic E-state index is 12.0. The normalized spacial score (nSPS) is 21.5. The van der Waals surface area contributed by atoms with Crippen LogP contribution in [0.1, 0.15) is 53.4 Å². The van der Waals surface area contributed by atoms with Gasteiger partial charge in [-0.2, -0.15) is 0 Å². The third kappa shape index (κ3) is 4.36. The van der Waals surface area contributed by atoms with Crippen LogP contribution in [-0.2, 0) is 9.53 Å². The van der Waals surface area contributed by atoms with Crippen LogP contribution in [0.5, 0.6) is 0 Å². The molecule has 0 saturated carbocycles. The molecule has 0 radical (unpaired) electrons. The van der Waals surface area contributed by atoms with Gasteiger partial charge in [0, 0.05) is 12.5 Å². The molecule has 4 nitrogen and oxygen atoms in total. The van der Waals surface area contributed by atoms with Crippen LogP contribution in [0.2, 0.25) is 0 Å². The molecule has 0 N–H and O–H groups in total.